The lowest BCUT2D eigenvalue weighted by atomic mass is 9.89. The number of amides is 1. The summed E-state index contributed by atoms with van der Waals surface area (Å²) in [6.45, 7) is 5.86. The van der Waals surface area contributed by atoms with E-state index >= 15 is 0 Å². The topological polar surface area (TPSA) is 75.6 Å². The maximum absolute atomic E-state index is 13.0. The Morgan fingerprint density at radius 1 is 1.10 bits per heavy atom. The molecule has 1 aliphatic rings. The number of hydrogen-bond donors (Lipinski definition) is 2. The van der Waals surface area contributed by atoms with E-state index in [0.29, 0.717) is 21.9 Å². The molecule has 0 radical (unpaired) electrons. The van der Waals surface area contributed by atoms with E-state index < -0.39 is 5.97 Å². The number of carbonyl (C=O) groups excluding carboxylic acids is 1. The lowest BCUT2D eigenvalue weighted by molar-refractivity contribution is 0.0695. The summed E-state index contributed by atoms with van der Waals surface area (Å²) in [4.78, 5) is 24.2. The summed E-state index contributed by atoms with van der Waals surface area (Å²) in [6, 6.07) is 9.88. The second-order valence-electron chi connectivity index (χ2n) is 8.21. The van der Waals surface area contributed by atoms with Crippen molar-refractivity contribution in [2.24, 2.45) is 5.92 Å². The number of ether oxygens (including phenoxy) is 1. The summed E-state index contributed by atoms with van der Waals surface area (Å²) in [6.07, 6.45) is 4.33. The Labute approximate surface area is 182 Å². The van der Waals surface area contributed by atoms with Gasteiger partial charge in [0, 0.05) is 5.02 Å². The van der Waals surface area contributed by atoms with Crippen molar-refractivity contribution in [2.75, 3.05) is 0 Å². The molecule has 0 aromatic heterocycles. The van der Waals surface area contributed by atoms with Crippen molar-refractivity contribution in [2.45, 2.75) is 58.6 Å². The molecule has 1 fully saturated rings. The van der Waals surface area contributed by atoms with Gasteiger partial charge in [0.1, 0.15) is 5.75 Å². The SMILES string of the molecule is Cc1cc([C@H](C)NC(=O)c2cc(Cl)ccc2O[C@H]2CC[C@@H](C)CC2)ccc1C(=O)O. The molecular formula is C24H28ClNO4. The van der Waals surface area contributed by atoms with E-state index in [0.717, 1.165) is 37.2 Å². The Hall–Kier alpha value is -2.53. The van der Waals surface area contributed by atoms with Gasteiger partial charge in [0.05, 0.1) is 23.3 Å². The Kier molecular flexibility index (Phi) is 7.03. The van der Waals surface area contributed by atoms with Gasteiger partial charge in [-0.25, -0.2) is 4.79 Å². The molecule has 0 unspecified atom stereocenters. The van der Waals surface area contributed by atoms with Gasteiger partial charge < -0.3 is 15.2 Å². The number of aryl methyl sites for hydroxylation is 1. The highest BCUT2D eigenvalue weighted by Gasteiger charge is 2.23. The molecule has 1 aliphatic carbocycles. The summed E-state index contributed by atoms with van der Waals surface area (Å²) >= 11 is 6.15. The van der Waals surface area contributed by atoms with Crippen molar-refractivity contribution in [3.63, 3.8) is 0 Å². The van der Waals surface area contributed by atoms with Crippen molar-refractivity contribution in [3.05, 3.63) is 63.7 Å². The van der Waals surface area contributed by atoms with Crippen LogP contribution >= 0.6 is 11.6 Å². The van der Waals surface area contributed by atoms with Crippen molar-refractivity contribution in [3.8, 4) is 5.75 Å². The molecule has 5 nitrogen and oxygen atoms in total. The predicted octanol–water partition coefficient (Wildman–Crippen LogP) is 5.80. The summed E-state index contributed by atoms with van der Waals surface area (Å²) in [5.74, 6) is 0.0217. The summed E-state index contributed by atoms with van der Waals surface area (Å²) in [7, 11) is 0. The molecule has 0 saturated heterocycles. The standard InChI is InChI=1S/C24H28ClNO4/c1-14-4-8-19(9-5-14)30-22-11-7-18(25)13-21(22)23(27)26-16(3)17-6-10-20(24(28)29)15(2)12-17/h6-7,10-14,16,19H,4-5,8-9H2,1-3H3,(H,26,27)(H,28,29)/t14-,16-,19+/m0/s1. The highest BCUT2D eigenvalue weighted by Crippen LogP contribution is 2.30. The van der Waals surface area contributed by atoms with Gasteiger partial charge in [-0.1, -0.05) is 30.7 Å². The Balaban J connectivity index is 1.75. The minimum absolute atomic E-state index is 0.109. The lowest BCUT2D eigenvalue weighted by Gasteiger charge is -2.27. The zero-order chi connectivity index (χ0) is 21.8. The van der Waals surface area contributed by atoms with Crippen LogP contribution in [-0.2, 0) is 0 Å². The molecule has 3 rings (SSSR count). The van der Waals surface area contributed by atoms with Crippen LogP contribution in [0.5, 0.6) is 5.75 Å². The predicted molar refractivity (Wildman–Crippen MR) is 118 cm³/mol. The molecule has 1 amide bonds. The number of rotatable bonds is 6. The third-order valence-electron chi connectivity index (χ3n) is 5.77. The number of benzene rings is 2. The van der Waals surface area contributed by atoms with E-state index in [2.05, 4.69) is 12.2 Å². The molecule has 2 N–H and O–H groups in total. The van der Waals surface area contributed by atoms with Crippen LogP contribution in [0.4, 0.5) is 0 Å². The van der Waals surface area contributed by atoms with Gasteiger partial charge in [-0.2, -0.15) is 0 Å². The van der Waals surface area contributed by atoms with Crippen LogP contribution in [0.25, 0.3) is 0 Å². The fraction of sp³-hybridized carbons (Fsp3) is 0.417. The molecule has 30 heavy (non-hydrogen) atoms. The average Bonchev–Trinajstić information content (AvgIpc) is 2.70. The number of halogens is 1. The highest BCUT2D eigenvalue weighted by molar-refractivity contribution is 6.31. The molecule has 0 heterocycles. The number of aromatic carboxylic acids is 1. The molecule has 0 bridgehead atoms. The van der Waals surface area contributed by atoms with Gasteiger partial charge in [-0.05, 0) is 80.8 Å². The molecule has 1 atom stereocenters. The van der Waals surface area contributed by atoms with Gasteiger partial charge >= 0.3 is 5.97 Å². The van der Waals surface area contributed by atoms with Crippen molar-refractivity contribution in [1.29, 1.82) is 0 Å². The highest BCUT2D eigenvalue weighted by atomic mass is 35.5. The Morgan fingerprint density at radius 2 is 1.80 bits per heavy atom. The van der Waals surface area contributed by atoms with E-state index in [-0.39, 0.29) is 23.6 Å². The van der Waals surface area contributed by atoms with E-state index in [1.807, 2.05) is 6.92 Å². The summed E-state index contributed by atoms with van der Waals surface area (Å²) < 4.78 is 6.17. The maximum atomic E-state index is 13.0. The van der Waals surface area contributed by atoms with E-state index in [1.54, 1.807) is 43.3 Å². The number of carbonyl (C=O) groups is 2. The first-order valence-corrected chi connectivity index (χ1v) is 10.7. The van der Waals surface area contributed by atoms with Crippen LogP contribution in [0.2, 0.25) is 5.02 Å². The van der Waals surface area contributed by atoms with E-state index in [9.17, 15) is 14.7 Å². The molecule has 6 heteroatoms. The third kappa shape index (κ3) is 5.33. The normalized spacial score (nSPS) is 19.7. The Bertz CT molecular complexity index is 935. The first-order chi connectivity index (χ1) is 14.2. The molecule has 0 aliphatic heterocycles. The number of carboxylic acids is 1. The second-order valence-corrected chi connectivity index (χ2v) is 8.65. The fourth-order valence-corrected chi connectivity index (χ4v) is 4.04. The van der Waals surface area contributed by atoms with Gasteiger partial charge in [0.2, 0.25) is 0 Å². The van der Waals surface area contributed by atoms with Crippen molar-refractivity contribution in [1.82, 2.24) is 5.32 Å². The van der Waals surface area contributed by atoms with Crippen LogP contribution in [-0.4, -0.2) is 23.1 Å². The number of nitrogens with one attached hydrogen (secondary N) is 1. The molecular weight excluding hydrogens is 402 g/mol. The zero-order valence-corrected chi connectivity index (χ0v) is 18.3. The van der Waals surface area contributed by atoms with Crippen LogP contribution in [0.3, 0.4) is 0 Å². The minimum Gasteiger partial charge on any atom is -0.490 e. The number of carboxylic acid groups (broad SMARTS) is 1. The van der Waals surface area contributed by atoms with Gasteiger partial charge in [-0.15, -0.1) is 0 Å². The van der Waals surface area contributed by atoms with E-state index in [1.165, 1.54) is 0 Å². The monoisotopic (exact) mass is 429 g/mol. The molecule has 1 saturated carbocycles. The smallest absolute Gasteiger partial charge is 0.335 e. The van der Waals surface area contributed by atoms with Gasteiger partial charge in [-0.3, -0.25) is 4.79 Å². The zero-order valence-electron chi connectivity index (χ0n) is 17.6. The fourth-order valence-electron chi connectivity index (χ4n) is 3.86. The Morgan fingerprint density at radius 3 is 2.43 bits per heavy atom. The van der Waals surface area contributed by atoms with Crippen LogP contribution in [0.1, 0.15) is 77.4 Å². The second kappa shape index (κ2) is 9.52. The lowest BCUT2D eigenvalue weighted by Crippen LogP contribution is -2.29. The average molecular weight is 430 g/mol. The van der Waals surface area contributed by atoms with Crippen LogP contribution < -0.4 is 10.1 Å². The van der Waals surface area contributed by atoms with Gasteiger partial charge in [0.25, 0.3) is 5.91 Å². The largest absolute Gasteiger partial charge is 0.490 e. The maximum Gasteiger partial charge on any atom is 0.335 e. The van der Waals surface area contributed by atoms with Crippen LogP contribution in [0.15, 0.2) is 36.4 Å². The minimum atomic E-state index is -0.964. The van der Waals surface area contributed by atoms with E-state index in [4.69, 9.17) is 16.3 Å². The molecule has 0 spiro atoms. The number of hydrogen-bond acceptors (Lipinski definition) is 3. The van der Waals surface area contributed by atoms with Gasteiger partial charge in [0.15, 0.2) is 0 Å². The van der Waals surface area contributed by atoms with Crippen LogP contribution in [0, 0.1) is 12.8 Å². The molecule has 2 aromatic rings. The molecule has 2 aromatic carbocycles. The molecule has 160 valence electrons. The quantitative estimate of drug-likeness (QED) is 0.608. The first kappa shape index (κ1) is 22.2. The summed E-state index contributed by atoms with van der Waals surface area (Å²) in [5.41, 5.74) is 2.15. The third-order valence-corrected chi connectivity index (χ3v) is 6.01. The van der Waals surface area contributed by atoms with Crippen molar-refractivity contribution >= 4 is 23.5 Å². The first-order valence-electron chi connectivity index (χ1n) is 10.4. The van der Waals surface area contributed by atoms with Crippen molar-refractivity contribution < 1.29 is 19.4 Å². The summed E-state index contributed by atoms with van der Waals surface area (Å²) in [5, 5.41) is 12.6.